The summed E-state index contributed by atoms with van der Waals surface area (Å²) in [6, 6.07) is 8.68. The lowest BCUT2D eigenvalue weighted by Gasteiger charge is -2.20. The highest BCUT2D eigenvalue weighted by Gasteiger charge is 2.20. The second kappa shape index (κ2) is 10.4. The van der Waals surface area contributed by atoms with Crippen molar-refractivity contribution in [2.45, 2.75) is 34.1 Å². The number of nitrogens with zero attached hydrogens (tertiary/aromatic N) is 2. The molecule has 0 radical (unpaired) electrons. The number of anilines is 1. The summed E-state index contributed by atoms with van der Waals surface area (Å²) in [6.07, 6.45) is 7.14. The molecule has 1 unspecified atom stereocenters. The highest BCUT2D eigenvalue weighted by Crippen LogP contribution is 2.38. The lowest BCUT2D eigenvalue weighted by Crippen LogP contribution is -2.08. The van der Waals surface area contributed by atoms with E-state index in [1.807, 2.05) is 20.8 Å². The molecular formula is C19H23N3O2S. The number of thioether (sulfide) groups is 1. The number of nitro benzene ring substituents is 1. The molecule has 0 aromatic heterocycles. The van der Waals surface area contributed by atoms with Gasteiger partial charge >= 0.3 is 0 Å². The number of benzene rings is 1. The second-order valence-electron chi connectivity index (χ2n) is 5.36. The maximum atomic E-state index is 11.0. The predicted molar refractivity (Wildman–Crippen MR) is 105 cm³/mol. The van der Waals surface area contributed by atoms with Gasteiger partial charge in [0.2, 0.25) is 0 Å². The Morgan fingerprint density at radius 2 is 2.08 bits per heavy atom. The van der Waals surface area contributed by atoms with Crippen LogP contribution in [0.2, 0.25) is 0 Å². The average Bonchev–Trinajstić information content (AvgIpc) is 2.59. The van der Waals surface area contributed by atoms with E-state index in [0.29, 0.717) is 5.69 Å². The zero-order valence-electron chi connectivity index (χ0n) is 14.9. The summed E-state index contributed by atoms with van der Waals surface area (Å²) in [4.78, 5) is 11.6. The third-order valence-corrected chi connectivity index (χ3v) is 4.66. The molecule has 0 fully saturated rings. The Labute approximate surface area is 153 Å². The van der Waals surface area contributed by atoms with E-state index in [-0.39, 0.29) is 11.6 Å². The molecule has 1 aliphatic rings. The standard InChI is InChI=1S/C14H13N3O2S.C5H10/c1-9-10(2)20-14(7-11(9)8-15)16-12-5-3-4-6-13(12)17(18)19;1-3-5-4-2/h3-7,11,16H,1-2H3;3,5H,4H2,1-2H3/b;5-3-. The predicted octanol–water partition coefficient (Wildman–Crippen LogP) is 6.00. The quantitative estimate of drug-likeness (QED) is 0.406. The minimum absolute atomic E-state index is 0.0198. The summed E-state index contributed by atoms with van der Waals surface area (Å²) < 4.78 is 0. The Morgan fingerprint density at radius 1 is 1.40 bits per heavy atom. The fourth-order valence-electron chi connectivity index (χ4n) is 2.08. The number of rotatable bonds is 4. The first-order chi connectivity index (χ1) is 11.9. The van der Waals surface area contributed by atoms with Gasteiger partial charge in [0.1, 0.15) is 5.69 Å². The van der Waals surface area contributed by atoms with Crippen molar-refractivity contribution in [2.24, 2.45) is 5.92 Å². The molecule has 1 heterocycles. The van der Waals surface area contributed by atoms with Crippen LogP contribution in [0.5, 0.6) is 0 Å². The van der Waals surface area contributed by atoms with Crippen molar-refractivity contribution in [3.63, 3.8) is 0 Å². The first kappa shape index (κ1) is 20.5. The van der Waals surface area contributed by atoms with Gasteiger partial charge in [0.15, 0.2) is 0 Å². The molecule has 0 spiro atoms. The molecule has 6 heteroatoms. The SMILES string of the molecule is C/C=C\CC.CC1=C(C)C(C#N)C=C(Nc2ccccc2[N+](=O)[O-])S1. The maximum absolute atomic E-state index is 11.0. The zero-order chi connectivity index (χ0) is 18.8. The molecule has 2 rings (SSSR count). The normalized spacial score (nSPS) is 16.6. The van der Waals surface area contributed by atoms with E-state index in [9.17, 15) is 10.1 Å². The van der Waals surface area contributed by atoms with Gasteiger partial charge in [-0.05, 0) is 49.8 Å². The summed E-state index contributed by atoms with van der Waals surface area (Å²) in [5, 5.41) is 23.9. The van der Waals surface area contributed by atoms with Crippen LogP contribution < -0.4 is 5.32 Å². The largest absolute Gasteiger partial charge is 0.345 e. The van der Waals surface area contributed by atoms with E-state index >= 15 is 0 Å². The molecular weight excluding hydrogens is 334 g/mol. The molecule has 1 atom stereocenters. The number of para-hydroxylation sites is 2. The molecule has 1 aromatic rings. The number of hydrogen-bond acceptors (Lipinski definition) is 5. The fourth-order valence-corrected chi connectivity index (χ4v) is 3.07. The van der Waals surface area contributed by atoms with Crippen LogP contribution in [0.15, 0.2) is 58.0 Å². The van der Waals surface area contributed by atoms with Crippen LogP contribution in [0.3, 0.4) is 0 Å². The Hall–Kier alpha value is -2.52. The van der Waals surface area contributed by atoms with Gasteiger partial charge in [0.05, 0.1) is 21.9 Å². The van der Waals surface area contributed by atoms with Gasteiger partial charge in [-0.3, -0.25) is 10.1 Å². The van der Waals surface area contributed by atoms with Crippen LogP contribution in [0.1, 0.15) is 34.1 Å². The third kappa shape index (κ3) is 6.12. The first-order valence-electron chi connectivity index (χ1n) is 8.02. The Bertz CT molecular complexity index is 745. The molecule has 1 aliphatic heterocycles. The molecule has 5 nitrogen and oxygen atoms in total. The number of nitrogens with one attached hydrogen (secondary N) is 1. The lowest BCUT2D eigenvalue weighted by atomic mass is 10.0. The second-order valence-corrected chi connectivity index (χ2v) is 6.61. The third-order valence-electron chi connectivity index (χ3n) is 3.57. The van der Waals surface area contributed by atoms with Gasteiger partial charge in [-0.15, -0.1) is 0 Å². The Kier molecular flexibility index (Phi) is 8.51. The molecule has 0 aliphatic carbocycles. The van der Waals surface area contributed by atoms with E-state index < -0.39 is 4.92 Å². The number of hydrogen-bond donors (Lipinski definition) is 1. The van der Waals surface area contributed by atoms with Crippen molar-refractivity contribution in [1.82, 2.24) is 0 Å². The Balaban J connectivity index is 0.000000550. The van der Waals surface area contributed by atoms with Crippen molar-refractivity contribution in [1.29, 1.82) is 5.26 Å². The van der Waals surface area contributed by atoms with E-state index in [4.69, 9.17) is 5.26 Å². The van der Waals surface area contributed by atoms with Gasteiger partial charge in [0, 0.05) is 6.07 Å². The highest BCUT2D eigenvalue weighted by molar-refractivity contribution is 8.06. The monoisotopic (exact) mass is 357 g/mol. The summed E-state index contributed by atoms with van der Waals surface area (Å²) >= 11 is 1.48. The van der Waals surface area contributed by atoms with Crippen LogP contribution in [0.4, 0.5) is 11.4 Å². The molecule has 0 bridgehead atoms. The van der Waals surface area contributed by atoms with Gasteiger partial charge in [-0.25, -0.2) is 0 Å². The summed E-state index contributed by atoms with van der Waals surface area (Å²) in [7, 11) is 0. The minimum atomic E-state index is -0.424. The molecule has 1 N–H and O–H groups in total. The zero-order valence-corrected chi connectivity index (χ0v) is 15.8. The van der Waals surface area contributed by atoms with E-state index in [2.05, 4.69) is 30.5 Å². The van der Waals surface area contributed by atoms with Crippen molar-refractivity contribution in [2.75, 3.05) is 5.32 Å². The van der Waals surface area contributed by atoms with Gasteiger partial charge < -0.3 is 5.32 Å². The summed E-state index contributed by atoms with van der Waals surface area (Å²) in [5.41, 5.74) is 1.47. The van der Waals surface area contributed by atoms with Crippen LogP contribution in [-0.2, 0) is 0 Å². The van der Waals surface area contributed by atoms with Gasteiger partial charge in [-0.1, -0.05) is 43.0 Å². The van der Waals surface area contributed by atoms with Crippen LogP contribution in [0.25, 0.3) is 0 Å². The molecule has 25 heavy (non-hydrogen) atoms. The van der Waals surface area contributed by atoms with E-state index in [1.54, 1.807) is 24.3 Å². The van der Waals surface area contributed by atoms with Gasteiger partial charge in [-0.2, -0.15) is 5.26 Å². The van der Waals surface area contributed by atoms with Crippen molar-refractivity contribution >= 4 is 23.1 Å². The summed E-state index contributed by atoms with van der Waals surface area (Å²) in [6.45, 7) is 8.02. The molecule has 1 aromatic carbocycles. The van der Waals surface area contributed by atoms with Crippen LogP contribution >= 0.6 is 11.8 Å². The van der Waals surface area contributed by atoms with Crippen LogP contribution in [0, 0.1) is 27.4 Å². The topological polar surface area (TPSA) is 79.0 Å². The molecule has 0 saturated heterocycles. The maximum Gasteiger partial charge on any atom is 0.292 e. The van der Waals surface area contributed by atoms with E-state index in [0.717, 1.165) is 21.9 Å². The lowest BCUT2D eigenvalue weighted by molar-refractivity contribution is -0.383. The Morgan fingerprint density at radius 3 is 2.60 bits per heavy atom. The van der Waals surface area contributed by atoms with Crippen molar-refractivity contribution in [3.8, 4) is 6.07 Å². The first-order valence-corrected chi connectivity index (χ1v) is 8.84. The highest BCUT2D eigenvalue weighted by atomic mass is 32.2. The smallest absolute Gasteiger partial charge is 0.292 e. The number of nitro groups is 1. The number of allylic oxidation sites excluding steroid dienone is 5. The minimum Gasteiger partial charge on any atom is -0.345 e. The fraction of sp³-hybridized carbons (Fsp3) is 0.316. The molecule has 132 valence electrons. The summed E-state index contributed by atoms with van der Waals surface area (Å²) in [5.74, 6) is -0.290. The molecule has 0 saturated carbocycles. The number of nitriles is 1. The van der Waals surface area contributed by atoms with Crippen molar-refractivity contribution in [3.05, 3.63) is 68.1 Å². The van der Waals surface area contributed by atoms with Crippen LogP contribution in [-0.4, -0.2) is 4.92 Å². The molecule has 0 amide bonds. The van der Waals surface area contributed by atoms with Crippen molar-refractivity contribution < 1.29 is 4.92 Å². The average molecular weight is 357 g/mol. The van der Waals surface area contributed by atoms with Gasteiger partial charge in [0.25, 0.3) is 5.69 Å². The van der Waals surface area contributed by atoms with E-state index in [1.165, 1.54) is 17.8 Å².